The predicted octanol–water partition coefficient (Wildman–Crippen LogP) is 22.7. The first kappa shape index (κ1) is 73.6. The minimum absolute atomic E-state index is 0.0833. The van der Waals surface area contributed by atoms with Gasteiger partial charge in [-0.25, -0.2) is 0 Å². The van der Waals surface area contributed by atoms with Gasteiger partial charge in [0.05, 0.1) is 0 Å². The van der Waals surface area contributed by atoms with Gasteiger partial charge in [0.25, 0.3) is 0 Å². The molecule has 0 aromatic carbocycles. The highest BCUT2D eigenvalue weighted by Crippen LogP contribution is 2.17. The zero-order valence-electron chi connectivity index (χ0n) is 51.0. The van der Waals surface area contributed by atoms with Crippen molar-refractivity contribution in [2.45, 2.75) is 335 Å². The van der Waals surface area contributed by atoms with Gasteiger partial charge in [-0.15, -0.1) is 0 Å². The maximum Gasteiger partial charge on any atom is 0.306 e. The number of esters is 3. The smallest absolute Gasteiger partial charge is 0.306 e. The van der Waals surface area contributed by atoms with Crippen molar-refractivity contribution in [1.29, 1.82) is 0 Å². The van der Waals surface area contributed by atoms with Gasteiger partial charge in [0, 0.05) is 19.3 Å². The molecule has 0 aliphatic carbocycles. The summed E-state index contributed by atoms with van der Waals surface area (Å²) in [6.07, 6.45) is 86.0. The van der Waals surface area contributed by atoms with E-state index >= 15 is 0 Å². The summed E-state index contributed by atoms with van der Waals surface area (Å²) in [6, 6.07) is 0. The molecule has 0 saturated carbocycles. The molecule has 1 atom stereocenters. The Morgan fingerprint density at radius 2 is 0.506 bits per heavy atom. The summed E-state index contributed by atoms with van der Waals surface area (Å²) in [4.78, 5) is 38.3. The summed E-state index contributed by atoms with van der Waals surface area (Å²) < 4.78 is 16.9. The average molecular weight is 1070 g/mol. The van der Waals surface area contributed by atoms with E-state index in [1.807, 2.05) is 0 Å². The average Bonchev–Trinajstić information content (AvgIpc) is 3.43. The third kappa shape index (κ3) is 63.3. The van der Waals surface area contributed by atoms with E-state index in [1.165, 1.54) is 180 Å². The van der Waals surface area contributed by atoms with Crippen molar-refractivity contribution in [2.24, 2.45) is 0 Å². The van der Waals surface area contributed by atoms with E-state index in [1.54, 1.807) is 0 Å². The van der Waals surface area contributed by atoms with Gasteiger partial charge in [0.15, 0.2) is 6.10 Å². The first-order valence-electron chi connectivity index (χ1n) is 33.1. The number of allylic oxidation sites excluding steroid dienone is 14. The van der Waals surface area contributed by atoms with Crippen LogP contribution in [-0.4, -0.2) is 37.2 Å². The molecule has 0 amide bonds. The molecule has 0 bridgehead atoms. The zero-order valence-corrected chi connectivity index (χ0v) is 51.0. The van der Waals surface area contributed by atoms with Crippen LogP contribution in [-0.2, 0) is 28.6 Å². The molecule has 0 aliphatic heterocycles. The van der Waals surface area contributed by atoms with Crippen molar-refractivity contribution in [3.8, 4) is 0 Å². The van der Waals surface area contributed by atoms with Crippen molar-refractivity contribution in [3.05, 3.63) is 85.1 Å². The largest absolute Gasteiger partial charge is 0.462 e. The second-order valence-electron chi connectivity index (χ2n) is 22.0. The quantitative estimate of drug-likeness (QED) is 0.0261. The molecule has 0 spiro atoms. The number of carbonyl (C=O) groups excluding carboxylic acids is 3. The number of hydrogen-bond donors (Lipinski definition) is 0. The highest BCUT2D eigenvalue weighted by atomic mass is 16.6. The van der Waals surface area contributed by atoms with E-state index in [-0.39, 0.29) is 31.1 Å². The van der Waals surface area contributed by atoms with Gasteiger partial charge in [-0.3, -0.25) is 14.4 Å². The molecular weight excluding hydrogens is 949 g/mol. The first-order chi connectivity index (χ1) is 38.0. The monoisotopic (exact) mass is 1070 g/mol. The van der Waals surface area contributed by atoms with E-state index in [0.29, 0.717) is 19.3 Å². The molecule has 77 heavy (non-hydrogen) atoms. The molecule has 0 rings (SSSR count). The van der Waals surface area contributed by atoms with E-state index in [9.17, 15) is 14.4 Å². The van der Waals surface area contributed by atoms with Crippen LogP contribution < -0.4 is 0 Å². The predicted molar refractivity (Wildman–Crippen MR) is 334 cm³/mol. The van der Waals surface area contributed by atoms with E-state index in [4.69, 9.17) is 14.2 Å². The van der Waals surface area contributed by atoms with Gasteiger partial charge in [-0.2, -0.15) is 0 Å². The fraction of sp³-hybridized carbons (Fsp3) is 0.761. The highest BCUT2D eigenvalue weighted by Gasteiger charge is 2.19. The summed E-state index contributed by atoms with van der Waals surface area (Å²) in [7, 11) is 0. The third-order valence-electron chi connectivity index (χ3n) is 14.4. The maximum atomic E-state index is 12.9. The number of hydrogen-bond acceptors (Lipinski definition) is 6. The van der Waals surface area contributed by atoms with Crippen molar-refractivity contribution in [2.75, 3.05) is 13.2 Å². The molecule has 0 aliphatic rings. The minimum atomic E-state index is -0.789. The molecule has 444 valence electrons. The van der Waals surface area contributed by atoms with Crippen LogP contribution in [0.4, 0.5) is 0 Å². The number of carbonyl (C=O) groups is 3. The molecule has 0 heterocycles. The SMILES string of the molecule is CC/C=C\C/C=C\C/C=C\C/C=C\CCCCCCC(=O)OC(COC(=O)CCCCCCCCCCCCCCC)COC(=O)CCCCCCCCCCCCCCCC/C=C\C/C=C\C/C=C\CCCCCCC. The molecular formula is C71H124O6. The molecule has 1 unspecified atom stereocenters. The van der Waals surface area contributed by atoms with Crippen LogP contribution in [0.25, 0.3) is 0 Å². The maximum absolute atomic E-state index is 12.9. The summed E-state index contributed by atoms with van der Waals surface area (Å²) in [5.74, 6) is -0.894. The lowest BCUT2D eigenvalue weighted by Crippen LogP contribution is -2.30. The normalized spacial score (nSPS) is 12.6. The third-order valence-corrected chi connectivity index (χ3v) is 14.4. The van der Waals surface area contributed by atoms with E-state index < -0.39 is 6.10 Å². The van der Waals surface area contributed by atoms with Crippen molar-refractivity contribution >= 4 is 17.9 Å². The molecule has 0 aromatic rings. The molecule has 6 heteroatoms. The number of unbranched alkanes of at least 4 members (excludes halogenated alkanes) is 35. The van der Waals surface area contributed by atoms with Gasteiger partial charge in [-0.05, 0) is 96.3 Å². The lowest BCUT2D eigenvalue weighted by Gasteiger charge is -2.18. The summed E-state index contributed by atoms with van der Waals surface area (Å²) in [5, 5.41) is 0. The highest BCUT2D eigenvalue weighted by molar-refractivity contribution is 5.71. The molecule has 0 fully saturated rings. The Morgan fingerprint density at radius 1 is 0.273 bits per heavy atom. The van der Waals surface area contributed by atoms with Crippen LogP contribution >= 0.6 is 0 Å². The first-order valence-corrected chi connectivity index (χ1v) is 33.1. The Kier molecular flexibility index (Phi) is 62.2. The van der Waals surface area contributed by atoms with Crippen LogP contribution in [0.15, 0.2) is 85.1 Å². The number of rotatable bonds is 60. The van der Waals surface area contributed by atoms with Gasteiger partial charge in [0.1, 0.15) is 13.2 Å². The number of ether oxygens (including phenoxy) is 3. The summed E-state index contributed by atoms with van der Waals surface area (Å²) in [6.45, 7) is 6.53. The Morgan fingerprint density at radius 3 is 0.792 bits per heavy atom. The molecule has 0 aromatic heterocycles. The molecule has 0 radical (unpaired) electrons. The second kappa shape index (κ2) is 65.1. The second-order valence-corrected chi connectivity index (χ2v) is 22.0. The van der Waals surface area contributed by atoms with Crippen LogP contribution in [0.5, 0.6) is 0 Å². The van der Waals surface area contributed by atoms with Gasteiger partial charge in [0.2, 0.25) is 0 Å². The zero-order chi connectivity index (χ0) is 55.7. The lowest BCUT2D eigenvalue weighted by molar-refractivity contribution is -0.167. The van der Waals surface area contributed by atoms with Crippen molar-refractivity contribution < 1.29 is 28.6 Å². The van der Waals surface area contributed by atoms with Crippen LogP contribution in [0, 0.1) is 0 Å². The van der Waals surface area contributed by atoms with Crippen LogP contribution in [0.2, 0.25) is 0 Å². The fourth-order valence-corrected chi connectivity index (χ4v) is 9.44. The molecule has 0 N–H and O–H groups in total. The lowest BCUT2D eigenvalue weighted by atomic mass is 10.0. The Hall–Kier alpha value is -3.41. The standard InChI is InChI=1S/C71H124O6/c1-4-7-10-13-16-19-22-25-27-29-30-31-32-33-34-35-36-37-38-39-40-42-43-46-49-52-55-58-61-64-70(73)76-67-68(66-75-69(72)63-60-57-54-51-48-45-24-21-18-15-12-9-6-3)77-71(74)65-62-59-56-53-50-47-44-41-28-26-23-20-17-14-11-8-5-2/h8,11,17,20,22,25-26,28-30,32-33,44,47,68H,4-7,9-10,12-16,18-19,21,23-24,27,31,34-43,45-46,48-67H2,1-3H3/b11-8-,20-17-,25-22-,28-26-,30-29-,33-32-,47-44-. The van der Waals surface area contributed by atoms with Gasteiger partial charge < -0.3 is 14.2 Å². The fourth-order valence-electron chi connectivity index (χ4n) is 9.44. The minimum Gasteiger partial charge on any atom is -0.462 e. The van der Waals surface area contributed by atoms with Gasteiger partial charge >= 0.3 is 17.9 Å². The molecule has 6 nitrogen and oxygen atoms in total. The van der Waals surface area contributed by atoms with E-state index in [2.05, 4.69) is 106 Å². The molecule has 0 saturated heterocycles. The van der Waals surface area contributed by atoms with E-state index in [0.717, 1.165) is 109 Å². The Balaban J connectivity index is 4.25. The Labute approximate surface area is 477 Å². The van der Waals surface area contributed by atoms with Crippen LogP contribution in [0.1, 0.15) is 329 Å². The van der Waals surface area contributed by atoms with Gasteiger partial charge in [-0.1, -0.05) is 298 Å². The topological polar surface area (TPSA) is 78.9 Å². The van der Waals surface area contributed by atoms with Crippen LogP contribution in [0.3, 0.4) is 0 Å². The Bertz CT molecular complexity index is 1470. The summed E-state index contributed by atoms with van der Waals surface area (Å²) in [5.41, 5.74) is 0. The summed E-state index contributed by atoms with van der Waals surface area (Å²) >= 11 is 0. The van der Waals surface area contributed by atoms with Crippen molar-refractivity contribution in [1.82, 2.24) is 0 Å². The van der Waals surface area contributed by atoms with Crippen molar-refractivity contribution in [3.63, 3.8) is 0 Å².